The van der Waals surface area contributed by atoms with Gasteiger partial charge in [-0.1, -0.05) is 18.2 Å². The monoisotopic (exact) mass is 371 g/mol. The summed E-state index contributed by atoms with van der Waals surface area (Å²) >= 11 is 0. The zero-order valence-corrected chi connectivity index (χ0v) is 14.4. The molecule has 0 saturated carbocycles. The summed E-state index contributed by atoms with van der Waals surface area (Å²) in [7, 11) is 0. The number of halogens is 3. The van der Waals surface area contributed by atoms with Crippen LogP contribution in [0, 0.1) is 17.5 Å². The average Bonchev–Trinajstić information content (AvgIpc) is 2.69. The molecule has 0 unspecified atom stereocenters. The van der Waals surface area contributed by atoms with Crippen molar-refractivity contribution in [3.05, 3.63) is 83.8 Å². The Morgan fingerprint density at radius 1 is 1.00 bits per heavy atom. The van der Waals surface area contributed by atoms with Crippen molar-refractivity contribution < 1.29 is 18.0 Å². The molecule has 0 spiro atoms. The number of nitrogens with one attached hydrogen (secondary N) is 1. The molecule has 0 aliphatic heterocycles. The number of carbonyl (C=O) groups is 1. The van der Waals surface area contributed by atoms with E-state index in [1.807, 2.05) is 42.2 Å². The van der Waals surface area contributed by atoms with Gasteiger partial charge < -0.3 is 10.2 Å². The molecule has 4 nitrogen and oxygen atoms in total. The molecule has 0 aliphatic rings. The topological polar surface area (TPSA) is 45.2 Å². The summed E-state index contributed by atoms with van der Waals surface area (Å²) in [6.45, 7) is 2.67. The van der Waals surface area contributed by atoms with Gasteiger partial charge in [0.2, 0.25) is 0 Å². The van der Waals surface area contributed by atoms with E-state index in [2.05, 4.69) is 10.3 Å². The van der Waals surface area contributed by atoms with E-state index in [-0.39, 0.29) is 0 Å². The molecule has 0 bridgehead atoms. The minimum absolute atomic E-state index is 0.303. The molecule has 0 radical (unpaired) electrons. The third-order valence-corrected chi connectivity index (χ3v) is 3.95. The Bertz CT molecular complexity index is 947. The van der Waals surface area contributed by atoms with E-state index in [0.29, 0.717) is 24.1 Å². The van der Waals surface area contributed by atoms with Crippen LogP contribution in [0.25, 0.3) is 0 Å². The van der Waals surface area contributed by atoms with Gasteiger partial charge in [-0.3, -0.25) is 4.79 Å². The van der Waals surface area contributed by atoms with E-state index < -0.39 is 28.9 Å². The molecule has 2 aromatic carbocycles. The molecule has 1 heterocycles. The molecular weight excluding hydrogens is 355 g/mol. The number of hydrogen-bond acceptors (Lipinski definition) is 3. The van der Waals surface area contributed by atoms with E-state index in [1.54, 1.807) is 12.1 Å². The Balaban J connectivity index is 1.78. The second-order valence-corrected chi connectivity index (χ2v) is 5.66. The molecule has 0 atom stereocenters. The maximum atomic E-state index is 13.7. The van der Waals surface area contributed by atoms with Gasteiger partial charge in [0.15, 0.2) is 17.5 Å². The molecular formula is C20H16F3N3O. The zero-order valence-electron chi connectivity index (χ0n) is 14.4. The number of para-hydroxylation sites is 1. The van der Waals surface area contributed by atoms with Crippen LogP contribution in [0.1, 0.15) is 17.3 Å². The standard InChI is InChI=1S/C20H16F3N3O/c1-2-26(14-6-4-3-5-7-14)17-11-8-13(12-24-17)25-20(27)15-9-10-16(21)19(23)18(15)22/h3-12H,2H2,1H3,(H,25,27). The quantitative estimate of drug-likeness (QED) is 0.648. The smallest absolute Gasteiger partial charge is 0.258 e. The van der Waals surface area contributed by atoms with Gasteiger partial charge in [-0.25, -0.2) is 18.2 Å². The van der Waals surface area contributed by atoms with E-state index in [4.69, 9.17) is 0 Å². The second kappa shape index (κ2) is 7.90. The van der Waals surface area contributed by atoms with Crippen LogP contribution in [0.2, 0.25) is 0 Å². The second-order valence-electron chi connectivity index (χ2n) is 5.66. The Labute approximate surface area is 154 Å². The number of rotatable bonds is 5. The number of hydrogen-bond donors (Lipinski definition) is 1. The highest BCUT2D eigenvalue weighted by Crippen LogP contribution is 2.24. The summed E-state index contributed by atoms with van der Waals surface area (Å²) < 4.78 is 40.0. The van der Waals surface area contributed by atoms with Crippen molar-refractivity contribution in [1.82, 2.24) is 4.98 Å². The van der Waals surface area contributed by atoms with Crippen LogP contribution in [0.15, 0.2) is 60.8 Å². The number of carbonyl (C=O) groups excluding carboxylic acids is 1. The van der Waals surface area contributed by atoms with Crippen LogP contribution in [-0.4, -0.2) is 17.4 Å². The van der Waals surface area contributed by atoms with Crippen molar-refractivity contribution in [3.63, 3.8) is 0 Å². The predicted molar refractivity (Wildman–Crippen MR) is 97.6 cm³/mol. The van der Waals surface area contributed by atoms with Crippen molar-refractivity contribution in [2.24, 2.45) is 0 Å². The Hall–Kier alpha value is -3.35. The van der Waals surface area contributed by atoms with Gasteiger partial charge in [-0.2, -0.15) is 0 Å². The van der Waals surface area contributed by atoms with Crippen molar-refractivity contribution in [2.45, 2.75) is 6.92 Å². The lowest BCUT2D eigenvalue weighted by Gasteiger charge is -2.22. The fraction of sp³-hybridized carbons (Fsp3) is 0.100. The molecule has 0 aliphatic carbocycles. The molecule has 3 aromatic rings. The maximum Gasteiger partial charge on any atom is 0.258 e. The maximum absolute atomic E-state index is 13.7. The van der Waals surface area contributed by atoms with Crippen molar-refractivity contribution in [1.29, 1.82) is 0 Å². The van der Waals surface area contributed by atoms with Crippen molar-refractivity contribution in [3.8, 4) is 0 Å². The zero-order chi connectivity index (χ0) is 19.4. The first-order valence-corrected chi connectivity index (χ1v) is 8.24. The lowest BCUT2D eigenvalue weighted by molar-refractivity contribution is 0.102. The number of nitrogens with zero attached hydrogens (tertiary/aromatic N) is 2. The van der Waals surface area contributed by atoms with Gasteiger partial charge in [0.05, 0.1) is 17.4 Å². The van der Waals surface area contributed by atoms with Crippen molar-refractivity contribution >= 4 is 23.1 Å². The summed E-state index contributed by atoms with van der Waals surface area (Å²) in [6.07, 6.45) is 1.41. The largest absolute Gasteiger partial charge is 0.327 e. The first-order chi connectivity index (χ1) is 13.0. The molecule has 138 valence electrons. The molecule has 3 rings (SSSR count). The van der Waals surface area contributed by atoms with Gasteiger partial charge >= 0.3 is 0 Å². The van der Waals surface area contributed by atoms with Gasteiger partial charge in [0, 0.05) is 12.2 Å². The summed E-state index contributed by atoms with van der Waals surface area (Å²) in [5.41, 5.74) is 0.683. The minimum atomic E-state index is -1.68. The normalized spacial score (nSPS) is 10.5. The van der Waals surface area contributed by atoms with Crippen LogP contribution in [0.3, 0.4) is 0 Å². The lowest BCUT2D eigenvalue weighted by atomic mass is 10.2. The van der Waals surface area contributed by atoms with Crippen molar-refractivity contribution in [2.75, 3.05) is 16.8 Å². The van der Waals surface area contributed by atoms with E-state index in [9.17, 15) is 18.0 Å². The molecule has 1 aromatic heterocycles. The number of pyridine rings is 1. The van der Waals surface area contributed by atoms with Gasteiger partial charge in [0.1, 0.15) is 5.82 Å². The molecule has 1 amide bonds. The molecule has 7 heteroatoms. The first kappa shape index (κ1) is 18.4. The molecule has 1 N–H and O–H groups in total. The van der Waals surface area contributed by atoms with Crippen LogP contribution in [0.4, 0.5) is 30.4 Å². The summed E-state index contributed by atoms with van der Waals surface area (Å²) in [4.78, 5) is 18.4. The van der Waals surface area contributed by atoms with Crippen LogP contribution in [0.5, 0.6) is 0 Å². The third-order valence-electron chi connectivity index (χ3n) is 3.95. The molecule has 0 saturated heterocycles. The van der Waals surface area contributed by atoms with Crippen LogP contribution < -0.4 is 10.2 Å². The number of amides is 1. The average molecular weight is 371 g/mol. The summed E-state index contributed by atoms with van der Waals surface area (Å²) in [5, 5.41) is 2.42. The van der Waals surface area contributed by atoms with E-state index >= 15 is 0 Å². The summed E-state index contributed by atoms with van der Waals surface area (Å²) in [6, 6.07) is 14.6. The van der Waals surface area contributed by atoms with Gasteiger partial charge in [0.25, 0.3) is 5.91 Å². The SMILES string of the molecule is CCN(c1ccccc1)c1ccc(NC(=O)c2ccc(F)c(F)c2F)cn1. The first-order valence-electron chi connectivity index (χ1n) is 8.24. The Morgan fingerprint density at radius 3 is 2.37 bits per heavy atom. The highest BCUT2D eigenvalue weighted by atomic mass is 19.2. The predicted octanol–water partition coefficient (Wildman–Crippen LogP) is 4.91. The van der Waals surface area contributed by atoms with Crippen LogP contribution in [-0.2, 0) is 0 Å². The molecule has 27 heavy (non-hydrogen) atoms. The minimum Gasteiger partial charge on any atom is -0.327 e. The highest BCUT2D eigenvalue weighted by molar-refractivity contribution is 6.04. The lowest BCUT2D eigenvalue weighted by Crippen LogP contribution is -2.18. The van der Waals surface area contributed by atoms with Gasteiger partial charge in [-0.15, -0.1) is 0 Å². The van der Waals surface area contributed by atoms with E-state index in [0.717, 1.165) is 11.8 Å². The highest BCUT2D eigenvalue weighted by Gasteiger charge is 2.19. The Morgan fingerprint density at radius 2 is 1.74 bits per heavy atom. The molecule has 0 fully saturated rings. The third kappa shape index (κ3) is 3.92. The summed E-state index contributed by atoms with van der Waals surface area (Å²) in [5.74, 6) is -4.79. The Kier molecular flexibility index (Phi) is 5.40. The fourth-order valence-corrected chi connectivity index (χ4v) is 2.60. The number of aromatic nitrogens is 1. The fourth-order valence-electron chi connectivity index (χ4n) is 2.60. The van der Waals surface area contributed by atoms with Crippen LogP contribution >= 0.6 is 0 Å². The number of benzene rings is 2. The number of anilines is 3. The van der Waals surface area contributed by atoms with Gasteiger partial charge in [-0.05, 0) is 43.3 Å². The van der Waals surface area contributed by atoms with E-state index in [1.165, 1.54) is 6.20 Å².